The van der Waals surface area contributed by atoms with Crippen molar-refractivity contribution in [1.29, 1.82) is 0 Å². The molecule has 112 valence electrons. The second-order valence-electron chi connectivity index (χ2n) is 5.15. The summed E-state index contributed by atoms with van der Waals surface area (Å²) in [6, 6.07) is 13.5. The van der Waals surface area contributed by atoms with Crippen LogP contribution in [0.3, 0.4) is 0 Å². The fraction of sp³-hybridized carbons (Fsp3) is 0.167. The van der Waals surface area contributed by atoms with Crippen LogP contribution in [0.1, 0.15) is 23.0 Å². The zero-order valence-electron chi connectivity index (χ0n) is 12.4. The van der Waals surface area contributed by atoms with Crippen molar-refractivity contribution >= 4 is 28.5 Å². The predicted octanol–water partition coefficient (Wildman–Crippen LogP) is 4.97. The van der Waals surface area contributed by atoms with Crippen molar-refractivity contribution < 1.29 is 9.53 Å². The molecule has 1 heterocycles. The average molecular weight is 314 g/mol. The van der Waals surface area contributed by atoms with Gasteiger partial charge in [0.05, 0.1) is 6.61 Å². The van der Waals surface area contributed by atoms with E-state index in [4.69, 9.17) is 16.3 Å². The van der Waals surface area contributed by atoms with E-state index in [0.29, 0.717) is 17.3 Å². The number of carbonyl (C=O) groups is 1. The molecule has 0 unspecified atom stereocenters. The van der Waals surface area contributed by atoms with E-state index in [9.17, 15) is 4.79 Å². The van der Waals surface area contributed by atoms with Gasteiger partial charge < -0.3 is 9.72 Å². The average Bonchev–Trinajstić information content (AvgIpc) is 2.87. The number of ether oxygens (including phenoxy) is 1. The largest absolute Gasteiger partial charge is 0.461 e. The molecule has 2 aromatic carbocycles. The van der Waals surface area contributed by atoms with Gasteiger partial charge in [0.15, 0.2) is 0 Å². The van der Waals surface area contributed by atoms with Gasteiger partial charge in [0.1, 0.15) is 5.69 Å². The van der Waals surface area contributed by atoms with E-state index in [1.165, 1.54) is 0 Å². The minimum atomic E-state index is -0.346. The highest BCUT2D eigenvalue weighted by atomic mass is 35.5. The summed E-state index contributed by atoms with van der Waals surface area (Å²) in [6.07, 6.45) is 0. The molecule has 3 nitrogen and oxygen atoms in total. The molecule has 0 aliphatic heterocycles. The Balaban J connectivity index is 2.27. The first-order valence-electron chi connectivity index (χ1n) is 7.15. The maximum absolute atomic E-state index is 12.3. The minimum absolute atomic E-state index is 0.341. The van der Waals surface area contributed by atoms with Crippen LogP contribution in [0.4, 0.5) is 0 Å². The Morgan fingerprint density at radius 1 is 1.18 bits per heavy atom. The number of carbonyl (C=O) groups excluding carboxylic acids is 1. The molecule has 0 radical (unpaired) electrons. The Bertz CT molecular complexity index is 834. The number of nitrogens with one attached hydrogen (secondary N) is 1. The number of aromatic nitrogens is 1. The number of aromatic amines is 1. The van der Waals surface area contributed by atoms with Crippen LogP contribution in [-0.4, -0.2) is 17.6 Å². The molecule has 4 heteroatoms. The molecule has 22 heavy (non-hydrogen) atoms. The summed E-state index contributed by atoms with van der Waals surface area (Å²) in [5, 5.41) is 1.67. The first-order chi connectivity index (χ1) is 10.6. The summed E-state index contributed by atoms with van der Waals surface area (Å²) in [4.78, 5) is 15.5. The Morgan fingerprint density at radius 2 is 1.91 bits per heavy atom. The molecule has 0 atom stereocenters. The molecule has 1 N–H and O–H groups in total. The molecule has 1 aromatic heterocycles. The van der Waals surface area contributed by atoms with Crippen molar-refractivity contribution in [3.05, 3.63) is 58.7 Å². The lowest BCUT2D eigenvalue weighted by Gasteiger charge is -2.05. The fourth-order valence-electron chi connectivity index (χ4n) is 2.58. The highest BCUT2D eigenvalue weighted by Crippen LogP contribution is 2.34. The normalized spacial score (nSPS) is 10.9. The van der Waals surface area contributed by atoms with E-state index in [-0.39, 0.29) is 5.97 Å². The molecule has 0 saturated carbocycles. The molecular formula is C18H16ClNO2. The van der Waals surface area contributed by atoms with E-state index in [1.54, 1.807) is 6.92 Å². The number of halogens is 1. The Morgan fingerprint density at radius 3 is 2.59 bits per heavy atom. The van der Waals surface area contributed by atoms with Gasteiger partial charge in [0, 0.05) is 21.5 Å². The number of fused-ring (bicyclic) bond motifs is 1. The van der Waals surface area contributed by atoms with Crippen LogP contribution in [0.2, 0.25) is 5.02 Å². The maximum atomic E-state index is 12.3. The summed E-state index contributed by atoms with van der Waals surface area (Å²) in [5.41, 5.74) is 4.32. The van der Waals surface area contributed by atoms with Crippen LogP contribution in [0, 0.1) is 6.92 Å². The summed E-state index contributed by atoms with van der Waals surface area (Å²) < 4.78 is 5.18. The standard InChI is InChI=1S/C18H16ClNO2/c1-3-22-18(21)17-16(12-5-7-13(19)8-6-12)14-10-11(2)4-9-15(14)20-17/h4-10,20H,3H2,1-2H3. The molecule has 0 aliphatic carbocycles. The van der Waals surface area contributed by atoms with Crippen molar-refractivity contribution in [3.8, 4) is 11.1 Å². The third-order valence-corrected chi connectivity index (χ3v) is 3.82. The van der Waals surface area contributed by atoms with Crippen molar-refractivity contribution in [3.63, 3.8) is 0 Å². The van der Waals surface area contributed by atoms with E-state index in [1.807, 2.05) is 43.3 Å². The van der Waals surface area contributed by atoms with Crippen LogP contribution in [0.5, 0.6) is 0 Å². The highest BCUT2D eigenvalue weighted by Gasteiger charge is 2.20. The van der Waals surface area contributed by atoms with Gasteiger partial charge >= 0.3 is 5.97 Å². The number of esters is 1. The second-order valence-corrected chi connectivity index (χ2v) is 5.59. The molecule has 0 spiro atoms. The van der Waals surface area contributed by atoms with Gasteiger partial charge in [-0.2, -0.15) is 0 Å². The van der Waals surface area contributed by atoms with Crippen molar-refractivity contribution in [2.24, 2.45) is 0 Å². The van der Waals surface area contributed by atoms with Gasteiger partial charge in [-0.1, -0.05) is 35.4 Å². The SMILES string of the molecule is CCOC(=O)c1[nH]c2ccc(C)cc2c1-c1ccc(Cl)cc1. The van der Waals surface area contributed by atoms with Gasteiger partial charge in [0.2, 0.25) is 0 Å². The van der Waals surface area contributed by atoms with Gasteiger partial charge in [-0.05, 0) is 43.7 Å². The van der Waals surface area contributed by atoms with E-state index in [2.05, 4.69) is 11.1 Å². The summed E-state index contributed by atoms with van der Waals surface area (Å²) in [6.45, 7) is 4.17. The molecule has 3 aromatic rings. The fourth-order valence-corrected chi connectivity index (χ4v) is 2.70. The summed E-state index contributed by atoms with van der Waals surface area (Å²) >= 11 is 5.97. The lowest BCUT2D eigenvalue weighted by molar-refractivity contribution is 0.0521. The van der Waals surface area contributed by atoms with Crippen LogP contribution in [-0.2, 0) is 4.74 Å². The number of H-pyrrole nitrogens is 1. The third-order valence-electron chi connectivity index (χ3n) is 3.57. The van der Waals surface area contributed by atoms with Crippen LogP contribution in [0.25, 0.3) is 22.0 Å². The van der Waals surface area contributed by atoms with Gasteiger partial charge in [-0.3, -0.25) is 0 Å². The molecule has 0 saturated heterocycles. The molecule has 0 bridgehead atoms. The monoisotopic (exact) mass is 313 g/mol. The quantitative estimate of drug-likeness (QED) is 0.693. The first-order valence-corrected chi connectivity index (χ1v) is 7.53. The van der Waals surface area contributed by atoms with Crippen molar-refractivity contribution in [1.82, 2.24) is 4.98 Å². The molecular weight excluding hydrogens is 298 g/mol. The van der Waals surface area contributed by atoms with Gasteiger partial charge in [-0.25, -0.2) is 4.79 Å². The molecule has 3 rings (SSSR count). The van der Waals surface area contributed by atoms with Crippen LogP contribution < -0.4 is 0 Å². The van der Waals surface area contributed by atoms with Gasteiger partial charge in [0.25, 0.3) is 0 Å². The van der Waals surface area contributed by atoms with Crippen LogP contribution >= 0.6 is 11.6 Å². The number of rotatable bonds is 3. The second kappa shape index (κ2) is 5.85. The van der Waals surface area contributed by atoms with E-state index < -0.39 is 0 Å². The zero-order valence-corrected chi connectivity index (χ0v) is 13.2. The number of hydrogen-bond acceptors (Lipinski definition) is 2. The number of aryl methyl sites for hydroxylation is 1. The van der Waals surface area contributed by atoms with E-state index >= 15 is 0 Å². The van der Waals surface area contributed by atoms with Gasteiger partial charge in [-0.15, -0.1) is 0 Å². The lowest BCUT2D eigenvalue weighted by atomic mass is 10.0. The van der Waals surface area contributed by atoms with Crippen molar-refractivity contribution in [2.45, 2.75) is 13.8 Å². The Labute approximate surface area is 133 Å². The predicted molar refractivity (Wildman–Crippen MR) is 89.4 cm³/mol. The third kappa shape index (κ3) is 2.60. The first kappa shape index (κ1) is 14.7. The molecule has 0 aliphatic rings. The molecule has 0 amide bonds. The minimum Gasteiger partial charge on any atom is -0.461 e. The van der Waals surface area contributed by atoms with Crippen LogP contribution in [0.15, 0.2) is 42.5 Å². The lowest BCUT2D eigenvalue weighted by Crippen LogP contribution is -2.06. The number of hydrogen-bond donors (Lipinski definition) is 1. The summed E-state index contributed by atoms with van der Waals surface area (Å²) in [7, 11) is 0. The van der Waals surface area contributed by atoms with E-state index in [0.717, 1.165) is 27.6 Å². The number of benzene rings is 2. The van der Waals surface area contributed by atoms with Crippen molar-refractivity contribution in [2.75, 3.05) is 6.61 Å². The Hall–Kier alpha value is -2.26. The summed E-state index contributed by atoms with van der Waals surface area (Å²) in [5.74, 6) is -0.346. The smallest absolute Gasteiger partial charge is 0.355 e. The Kier molecular flexibility index (Phi) is 3.90. The topological polar surface area (TPSA) is 42.1 Å². The maximum Gasteiger partial charge on any atom is 0.355 e. The highest BCUT2D eigenvalue weighted by molar-refractivity contribution is 6.30. The molecule has 0 fully saturated rings. The zero-order chi connectivity index (χ0) is 15.7.